The van der Waals surface area contributed by atoms with E-state index in [1.54, 1.807) is 9.80 Å². The van der Waals surface area contributed by atoms with Crippen molar-refractivity contribution >= 4 is 21.8 Å². The second-order valence-corrected chi connectivity index (χ2v) is 7.42. The highest BCUT2D eigenvalue weighted by Gasteiger charge is 2.32. The number of carbonyl (C=O) groups is 2. The predicted octanol–water partition coefficient (Wildman–Crippen LogP) is -0.367. The highest BCUT2D eigenvalue weighted by atomic mass is 32.2. The molecule has 1 unspecified atom stereocenters. The van der Waals surface area contributed by atoms with E-state index in [0.29, 0.717) is 19.5 Å². The van der Waals surface area contributed by atoms with Crippen molar-refractivity contribution in [1.82, 2.24) is 9.80 Å². The smallest absolute Gasteiger partial charge is 0.320 e. The van der Waals surface area contributed by atoms with Crippen molar-refractivity contribution in [2.45, 2.75) is 12.8 Å². The monoisotopic (exact) mass is 290 g/mol. The van der Waals surface area contributed by atoms with Crippen LogP contribution in [0.25, 0.3) is 0 Å². The van der Waals surface area contributed by atoms with E-state index >= 15 is 0 Å². The van der Waals surface area contributed by atoms with Gasteiger partial charge in [-0.05, 0) is 12.3 Å². The molecule has 2 amide bonds. The van der Waals surface area contributed by atoms with Gasteiger partial charge < -0.3 is 14.9 Å². The molecule has 19 heavy (non-hydrogen) atoms. The van der Waals surface area contributed by atoms with Crippen LogP contribution in [0, 0.1) is 5.92 Å². The maximum absolute atomic E-state index is 12.2. The molecule has 0 aromatic rings. The van der Waals surface area contributed by atoms with Crippen molar-refractivity contribution in [2.24, 2.45) is 5.92 Å². The molecule has 1 N–H and O–H groups in total. The first-order valence-corrected chi connectivity index (χ1v) is 8.15. The summed E-state index contributed by atoms with van der Waals surface area (Å²) in [5.74, 6) is -0.797. The minimum Gasteiger partial charge on any atom is -0.481 e. The Balaban J connectivity index is 1.86. The highest BCUT2D eigenvalue weighted by Crippen LogP contribution is 2.21. The summed E-state index contributed by atoms with van der Waals surface area (Å²) in [7, 11) is -2.99. The predicted molar refractivity (Wildman–Crippen MR) is 67.6 cm³/mol. The van der Waals surface area contributed by atoms with E-state index < -0.39 is 15.8 Å². The third kappa shape index (κ3) is 3.59. The topological polar surface area (TPSA) is 95.0 Å². The third-order valence-electron chi connectivity index (χ3n) is 3.63. The van der Waals surface area contributed by atoms with Crippen molar-refractivity contribution < 1.29 is 23.1 Å². The lowest BCUT2D eigenvalue weighted by Gasteiger charge is -2.30. The largest absolute Gasteiger partial charge is 0.481 e. The number of hydrogen-bond acceptors (Lipinski definition) is 4. The fourth-order valence-corrected chi connectivity index (χ4v) is 3.72. The van der Waals surface area contributed by atoms with Gasteiger partial charge in [-0.2, -0.15) is 0 Å². The van der Waals surface area contributed by atoms with Gasteiger partial charge in [0.1, 0.15) is 0 Å². The van der Waals surface area contributed by atoms with Crippen LogP contribution in [0.2, 0.25) is 0 Å². The van der Waals surface area contributed by atoms with Gasteiger partial charge in [-0.25, -0.2) is 13.2 Å². The lowest BCUT2D eigenvalue weighted by Crippen LogP contribution is -2.49. The van der Waals surface area contributed by atoms with E-state index in [4.69, 9.17) is 5.11 Å². The Bertz CT molecular complexity index is 461. The summed E-state index contributed by atoms with van der Waals surface area (Å²) >= 11 is 0. The van der Waals surface area contributed by atoms with Gasteiger partial charge in [0.2, 0.25) is 0 Å². The molecule has 2 saturated heterocycles. The molecule has 0 spiro atoms. The quantitative estimate of drug-likeness (QED) is 0.749. The SMILES string of the molecule is O=C(O)CC1CCN(C(=O)N2CCS(=O)(=O)CC2)C1. The summed E-state index contributed by atoms with van der Waals surface area (Å²) in [6.45, 7) is 1.48. The molecule has 108 valence electrons. The van der Waals surface area contributed by atoms with Crippen molar-refractivity contribution in [3.05, 3.63) is 0 Å². The van der Waals surface area contributed by atoms with Gasteiger partial charge in [0, 0.05) is 32.6 Å². The summed E-state index contributed by atoms with van der Waals surface area (Å²) in [4.78, 5) is 26.0. The maximum Gasteiger partial charge on any atom is 0.320 e. The Labute approximate surface area is 112 Å². The molecule has 0 aromatic carbocycles. The minimum absolute atomic E-state index is 0.00923. The number of carboxylic acids is 1. The van der Waals surface area contributed by atoms with Crippen LogP contribution >= 0.6 is 0 Å². The summed E-state index contributed by atoms with van der Waals surface area (Å²) < 4.78 is 22.6. The average molecular weight is 290 g/mol. The average Bonchev–Trinajstić information content (AvgIpc) is 2.75. The van der Waals surface area contributed by atoms with Crippen molar-refractivity contribution in [1.29, 1.82) is 0 Å². The number of aliphatic carboxylic acids is 1. The minimum atomic E-state index is -2.99. The molecule has 0 bridgehead atoms. The molecule has 2 heterocycles. The second kappa shape index (κ2) is 5.36. The van der Waals surface area contributed by atoms with Gasteiger partial charge in [-0.15, -0.1) is 0 Å². The number of likely N-dealkylation sites (tertiary alicyclic amines) is 1. The first-order chi connectivity index (χ1) is 8.87. The number of amides is 2. The Morgan fingerprint density at radius 2 is 1.74 bits per heavy atom. The molecule has 7 nitrogen and oxygen atoms in total. The molecular formula is C11H18N2O5S. The standard InChI is InChI=1S/C11H18N2O5S/c14-10(15)7-9-1-2-13(8-9)11(16)12-3-5-19(17,18)6-4-12/h9H,1-8H2,(H,14,15). The Morgan fingerprint density at radius 3 is 2.32 bits per heavy atom. The van der Waals surface area contributed by atoms with Crippen molar-refractivity contribution in [2.75, 3.05) is 37.7 Å². The van der Waals surface area contributed by atoms with E-state index in [9.17, 15) is 18.0 Å². The molecule has 2 aliphatic heterocycles. The number of carboxylic acid groups (broad SMARTS) is 1. The summed E-state index contributed by atoms with van der Waals surface area (Å²) in [5.41, 5.74) is 0. The molecule has 2 aliphatic rings. The van der Waals surface area contributed by atoms with Crippen LogP contribution in [0.5, 0.6) is 0 Å². The Kier molecular flexibility index (Phi) is 3.98. The maximum atomic E-state index is 12.2. The van der Waals surface area contributed by atoms with Gasteiger partial charge in [-0.3, -0.25) is 4.79 Å². The number of sulfone groups is 1. The van der Waals surface area contributed by atoms with Crippen LogP contribution in [0.3, 0.4) is 0 Å². The summed E-state index contributed by atoms with van der Waals surface area (Å²) in [5, 5.41) is 8.72. The fourth-order valence-electron chi connectivity index (χ4n) is 2.52. The second-order valence-electron chi connectivity index (χ2n) is 5.12. The van der Waals surface area contributed by atoms with Crippen molar-refractivity contribution in [3.8, 4) is 0 Å². The Morgan fingerprint density at radius 1 is 1.11 bits per heavy atom. The third-order valence-corrected chi connectivity index (χ3v) is 5.24. The highest BCUT2D eigenvalue weighted by molar-refractivity contribution is 7.91. The molecule has 2 rings (SSSR count). The van der Waals surface area contributed by atoms with Gasteiger partial charge in [0.05, 0.1) is 11.5 Å². The molecule has 0 saturated carbocycles. The lowest BCUT2D eigenvalue weighted by molar-refractivity contribution is -0.138. The van der Waals surface area contributed by atoms with E-state index in [0.717, 1.165) is 0 Å². The van der Waals surface area contributed by atoms with Gasteiger partial charge in [0.15, 0.2) is 9.84 Å². The van der Waals surface area contributed by atoms with Crippen LogP contribution in [0.4, 0.5) is 4.79 Å². The van der Waals surface area contributed by atoms with Gasteiger partial charge in [0.25, 0.3) is 0 Å². The molecule has 0 radical (unpaired) electrons. The van der Waals surface area contributed by atoms with E-state index in [-0.39, 0.29) is 43.0 Å². The van der Waals surface area contributed by atoms with Crippen LogP contribution < -0.4 is 0 Å². The molecule has 0 aliphatic carbocycles. The van der Waals surface area contributed by atoms with Crippen LogP contribution in [-0.2, 0) is 14.6 Å². The lowest BCUT2D eigenvalue weighted by atomic mass is 10.1. The van der Waals surface area contributed by atoms with E-state index in [2.05, 4.69) is 0 Å². The normalized spacial score (nSPS) is 26.4. The first kappa shape index (κ1) is 14.1. The zero-order chi connectivity index (χ0) is 14.0. The fraction of sp³-hybridized carbons (Fsp3) is 0.818. The number of hydrogen-bond donors (Lipinski definition) is 1. The van der Waals surface area contributed by atoms with Crippen molar-refractivity contribution in [3.63, 3.8) is 0 Å². The summed E-state index contributed by atoms with van der Waals surface area (Å²) in [6.07, 6.45) is 0.780. The van der Waals surface area contributed by atoms with E-state index in [1.165, 1.54) is 0 Å². The zero-order valence-electron chi connectivity index (χ0n) is 10.6. The van der Waals surface area contributed by atoms with Gasteiger partial charge in [-0.1, -0.05) is 0 Å². The molecule has 1 atom stereocenters. The van der Waals surface area contributed by atoms with Crippen LogP contribution in [0.15, 0.2) is 0 Å². The van der Waals surface area contributed by atoms with Crippen LogP contribution in [0.1, 0.15) is 12.8 Å². The summed E-state index contributed by atoms with van der Waals surface area (Å²) in [6, 6.07) is -0.164. The number of carbonyl (C=O) groups excluding carboxylic acids is 1. The molecule has 0 aromatic heterocycles. The van der Waals surface area contributed by atoms with Crippen LogP contribution in [-0.4, -0.2) is 73.0 Å². The first-order valence-electron chi connectivity index (χ1n) is 6.33. The number of urea groups is 1. The van der Waals surface area contributed by atoms with E-state index in [1.807, 2.05) is 0 Å². The number of nitrogens with zero attached hydrogens (tertiary/aromatic N) is 2. The number of rotatable bonds is 2. The molecular weight excluding hydrogens is 272 g/mol. The van der Waals surface area contributed by atoms with Gasteiger partial charge >= 0.3 is 12.0 Å². The zero-order valence-corrected chi connectivity index (χ0v) is 11.4. The Hall–Kier alpha value is -1.31. The molecule has 2 fully saturated rings. The molecule has 8 heteroatoms.